The number of rotatable bonds is 5. The van der Waals surface area contributed by atoms with Crippen molar-refractivity contribution in [1.29, 1.82) is 5.26 Å². The zero-order valence-corrected chi connectivity index (χ0v) is 12.8. The molecule has 0 aromatic heterocycles. The summed E-state index contributed by atoms with van der Waals surface area (Å²) < 4.78 is 0. The van der Waals surface area contributed by atoms with E-state index in [1.807, 2.05) is 0 Å². The Morgan fingerprint density at radius 3 is 2.38 bits per heavy atom. The van der Waals surface area contributed by atoms with Crippen LogP contribution >= 0.6 is 0 Å². The molecule has 1 aliphatic rings. The number of nitriles is 1. The number of carbonyl (C=O) groups excluding carboxylic acids is 1. The second-order valence-corrected chi connectivity index (χ2v) is 5.97. The normalized spacial score (nSPS) is 17.0. The summed E-state index contributed by atoms with van der Waals surface area (Å²) in [4.78, 5) is 12.1. The minimum atomic E-state index is -0.610. The first kappa shape index (κ1) is 15.6. The number of hydrogen-bond acceptors (Lipinski definition) is 2. The Kier molecular flexibility index (Phi) is 5.38. The number of nitrogens with one attached hydrogen (secondary N) is 1. The molecule has 0 atom stereocenters. The molecule has 1 amide bonds. The highest BCUT2D eigenvalue weighted by molar-refractivity contribution is 5.77. The summed E-state index contributed by atoms with van der Waals surface area (Å²) in [5.41, 5.74) is 1.88. The number of benzene rings is 1. The second-order valence-electron chi connectivity index (χ2n) is 5.97. The van der Waals surface area contributed by atoms with Crippen molar-refractivity contribution >= 4 is 5.91 Å². The lowest BCUT2D eigenvalue weighted by Gasteiger charge is -2.31. The lowest BCUT2D eigenvalue weighted by molar-refractivity contribution is -0.122. The highest BCUT2D eigenvalue weighted by atomic mass is 16.1. The van der Waals surface area contributed by atoms with E-state index in [-0.39, 0.29) is 5.91 Å². The van der Waals surface area contributed by atoms with E-state index in [9.17, 15) is 10.1 Å². The topological polar surface area (TPSA) is 52.9 Å². The van der Waals surface area contributed by atoms with Gasteiger partial charge in [-0.2, -0.15) is 5.26 Å². The predicted octanol–water partition coefficient (Wildman–Crippen LogP) is 3.52. The Balaban J connectivity index is 1.85. The fourth-order valence-corrected chi connectivity index (χ4v) is 2.95. The molecule has 0 unspecified atom stereocenters. The third kappa shape index (κ3) is 4.32. The monoisotopic (exact) mass is 284 g/mol. The molecular formula is C18H24N2O. The molecular weight excluding hydrogens is 260 g/mol. The maximum Gasteiger partial charge on any atom is 0.221 e. The number of carbonyl (C=O) groups is 1. The van der Waals surface area contributed by atoms with Crippen molar-refractivity contribution in [2.45, 2.75) is 63.8 Å². The Bertz CT molecular complexity index is 507. The van der Waals surface area contributed by atoms with Crippen LogP contribution in [0.5, 0.6) is 0 Å². The van der Waals surface area contributed by atoms with Gasteiger partial charge in [0.15, 0.2) is 0 Å². The van der Waals surface area contributed by atoms with E-state index >= 15 is 0 Å². The first-order valence-corrected chi connectivity index (χ1v) is 7.97. The molecule has 0 spiro atoms. The van der Waals surface area contributed by atoms with Gasteiger partial charge in [0.25, 0.3) is 0 Å². The van der Waals surface area contributed by atoms with Crippen LogP contribution in [0.4, 0.5) is 0 Å². The maximum absolute atomic E-state index is 12.1. The van der Waals surface area contributed by atoms with Gasteiger partial charge in [-0.1, -0.05) is 50.5 Å². The van der Waals surface area contributed by atoms with Gasteiger partial charge in [-0.15, -0.1) is 0 Å². The summed E-state index contributed by atoms with van der Waals surface area (Å²) in [6, 6.07) is 10.7. The maximum atomic E-state index is 12.1. The molecule has 3 nitrogen and oxygen atoms in total. The van der Waals surface area contributed by atoms with Crippen LogP contribution in [0, 0.1) is 11.3 Å². The summed E-state index contributed by atoms with van der Waals surface area (Å²) in [5, 5.41) is 12.3. The summed E-state index contributed by atoms with van der Waals surface area (Å²) in [7, 11) is 0. The molecule has 0 heterocycles. The molecule has 1 N–H and O–H groups in total. The number of hydrogen-bond donors (Lipinski definition) is 1. The summed E-state index contributed by atoms with van der Waals surface area (Å²) in [6.07, 6.45) is 7.04. The molecule has 2 rings (SSSR count). The Morgan fingerprint density at radius 1 is 1.19 bits per heavy atom. The van der Waals surface area contributed by atoms with Crippen molar-refractivity contribution in [3.63, 3.8) is 0 Å². The van der Waals surface area contributed by atoms with Crippen LogP contribution in [0.2, 0.25) is 0 Å². The van der Waals surface area contributed by atoms with Crippen molar-refractivity contribution in [3.05, 3.63) is 35.4 Å². The molecule has 1 aromatic rings. The lowest BCUT2D eigenvalue weighted by atomic mass is 9.82. The largest absolute Gasteiger partial charge is 0.338 e. The zero-order valence-electron chi connectivity index (χ0n) is 12.8. The highest BCUT2D eigenvalue weighted by Crippen LogP contribution is 2.27. The molecule has 1 aromatic carbocycles. The minimum Gasteiger partial charge on any atom is -0.338 e. The van der Waals surface area contributed by atoms with Gasteiger partial charge in [0.2, 0.25) is 5.91 Å². The number of aryl methyl sites for hydroxylation is 2. The highest BCUT2D eigenvalue weighted by Gasteiger charge is 2.33. The average molecular weight is 284 g/mol. The fourth-order valence-electron chi connectivity index (χ4n) is 2.95. The molecule has 3 heteroatoms. The molecule has 1 aliphatic carbocycles. The van der Waals surface area contributed by atoms with Gasteiger partial charge in [-0.25, -0.2) is 0 Å². The van der Waals surface area contributed by atoms with Gasteiger partial charge in [-0.05, 0) is 36.8 Å². The minimum absolute atomic E-state index is 0.00184. The third-order valence-electron chi connectivity index (χ3n) is 4.37. The van der Waals surface area contributed by atoms with Gasteiger partial charge in [-0.3, -0.25) is 4.79 Å². The van der Waals surface area contributed by atoms with Gasteiger partial charge >= 0.3 is 0 Å². The lowest BCUT2D eigenvalue weighted by Crippen LogP contribution is -2.48. The molecule has 21 heavy (non-hydrogen) atoms. The molecule has 1 fully saturated rings. The van der Waals surface area contributed by atoms with Crippen molar-refractivity contribution in [3.8, 4) is 6.07 Å². The van der Waals surface area contributed by atoms with Crippen LogP contribution in [0.3, 0.4) is 0 Å². The van der Waals surface area contributed by atoms with Crippen LogP contribution < -0.4 is 5.32 Å². The van der Waals surface area contributed by atoms with Crippen molar-refractivity contribution < 1.29 is 4.79 Å². The van der Waals surface area contributed by atoms with Crippen LogP contribution in [0.25, 0.3) is 0 Å². The molecule has 1 saturated carbocycles. The summed E-state index contributed by atoms with van der Waals surface area (Å²) in [5.74, 6) is -0.00184. The van der Waals surface area contributed by atoms with Crippen molar-refractivity contribution in [2.75, 3.05) is 0 Å². The van der Waals surface area contributed by atoms with E-state index in [4.69, 9.17) is 0 Å². The summed E-state index contributed by atoms with van der Waals surface area (Å²) in [6.45, 7) is 2.13. The smallest absolute Gasteiger partial charge is 0.221 e. The van der Waals surface area contributed by atoms with E-state index in [0.29, 0.717) is 6.42 Å². The van der Waals surface area contributed by atoms with Gasteiger partial charge in [0, 0.05) is 6.42 Å². The summed E-state index contributed by atoms with van der Waals surface area (Å²) >= 11 is 0. The van der Waals surface area contributed by atoms with Crippen molar-refractivity contribution in [1.82, 2.24) is 5.32 Å². The second kappa shape index (κ2) is 7.26. The fraction of sp³-hybridized carbons (Fsp3) is 0.556. The van der Waals surface area contributed by atoms with Crippen LogP contribution in [-0.2, 0) is 17.6 Å². The third-order valence-corrected chi connectivity index (χ3v) is 4.37. The van der Waals surface area contributed by atoms with E-state index in [1.165, 1.54) is 17.5 Å². The molecule has 0 radical (unpaired) electrons. The number of nitrogens with zero attached hydrogens (tertiary/aromatic N) is 1. The Hall–Kier alpha value is -1.82. The predicted molar refractivity (Wildman–Crippen MR) is 83.7 cm³/mol. The first-order chi connectivity index (χ1) is 10.2. The van der Waals surface area contributed by atoms with E-state index in [2.05, 4.69) is 42.6 Å². The van der Waals surface area contributed by atoms with E-state index in [0.717, 1.165) is 38.5 Å². The first-order valence-electron chi connectivity index (χ1n) is 7.97. The van der Waals surface area contributed by atoms with Gasteiger partial charge < -0.3 is 5.32 Å². The Morgan fingerprint density at radius 2 is 1.81 bits per heavy atom. The zero-order chi connectivity index (χ0) is 15.1. The molecule has 0 aliphatic heterocycles. The van der Waals surface area contributed by atoms with Crippen molar-refractivity contribution in [2.24, 2.45) is 0 Å². The molecule has 112 valence electrons. The van der Waals surface area contributed by atoms with Gasteiger partial charge in [0.05, 0.1) is 6.07 Å². The quantitative estimate of drug-likeness (QED) is 0.899. The molecule has 0 saturated heterocycles. The van der Waals surface area contributed by atoms with Crippen LogP contribution in [0.1, 0.15) is 56.6 Å². The van der Waals surface area contributed by atoms with Crippen LogP contribution in [0.15, 0.2) is 24.3 Å². The average Bonchev–Trinajstić information content (AvgIpc) is 2.54. The van der Waals surface area contributed by atoms with Gasteiger partial charge in [0.1, 0.15) is 5.54 Å². The van der Waals surface area contributed by atoms with E-state index < -0.39 is 5.54 Å². The molecule has 0 bridgehead atoms. The Labute approximate surface area is 127 Å². The standard InChI is InChI=1S/C18H24N2O/c1-2-15-6-8-16(9-7-15)10-11-17(21)20-18(14-19)12-4-3-5-13-18/h6-9H,2-5,10-13H2,1H3,(H,20,21). The SMILES string of the molecule is CCc1ccc(CCC(=O)NC2(C#N)CCCCC2)cc1. The van der Waals surface area contributed by atoms with Crippen LogP contribution in [-0.4, -0.2) is 11.4 Å². The van der Waals surface area contributed by atoms with E-state index in [1.54, 1.807) is 0 Å². The number of amides is 1.